The second-order valence-corrected chi connectivity index (χ2v) is 4.90. The Morgan fingerprint density at radius 1 is 1.39 bits per heavy atom. The van der Waals surface area contributed by atoms with Gasteiger partial charge in [0.1, 0.15) is 11.0 Å². The normalized spacial score (nSPS) is 11.1. The van der Waals surface area contributed by atoms with Gasteiger partial charge in [0, 0.05) is 6.20 Å². The number of rotatable bonds is 3. The highest BCUT2D eigenvalue weighted by molar-refractivity contribution is 7.07. The summed E-state index contributed by atoms with van der Waals surface area (Å²) in [5.41, 5.74) is 8.83. The van der Waals surface area contributed by atoms with Crippen molar-refractivity contribution in [3.8, 4) is 0 Å². The zero-order valence-electron chi connectivity index (χ0n) is 9.56. The number of nitrogens with one attached hydrogen (secondary N) is 2. The quantitative estimate of drug-likeness (QED) is 0.669. The molecule has 0 saturated heterocycles. The van der Waals surface area contributed by atoms with Gasteiger partial charge < -0.3 is 10.7 Å². The Labute approximate surface area is 107 Å². The van der Waals surface area contributed by atoms with Gasteiger partial charge in [0.25, 0.3) is 5.56 Å². The minimum Gasteiger partial charge on any atom is -0.369 e. The summed E-state index contributed by atoms with van der Waals surface area (Å²) in [6.07, 6.45) is 3.61. The largest absolute Gasteiger partial charge is 0.369 e. The van der Waals surface area contributed by atoms with E-state index >= 15 is 0 Å². The summed E-state index contributed by atoms with van der Waals surface area (Å²) in [7, 11) is 0. The van der Waals surface area contributed by atoms with Crippen LogP contribution in [0.1, 0.15) is 11.1 Å². The van der Waals surface area contributed by atoms with Crippen LogP contribution < -0.4 is 11.3 Å². The number of hydrogen-bond donors (Lipinski definition) is 3. The standard InChI is InChI=1S/C12H12N4OS/c13-12-15-9-8(2-1-7-3-4-18-6-7)5-14-10(9)11(17)16-12/h3-6,14H,1-2H2,(H3,13,15,16,17). The first kappa shape index (κ1) is 11.0. The first-order valence-electron chi connectivity index (χ1n) is 5.61. The lowest BCUT2D eigenvalue weighted by Crippen LogP contribution is -2.11. The number of aromatic nitrogens is 3. The third-order valence-corrected chi connectivity index (χ3v) is 3.63. The molecule has 0 aliphatic carbocycles. The average molecular weight is 260 g/mol. The molecule has 0 radical (unpaired) electrons. The number of aromatic amines is 2. The first-order chi connectivity index (χ1) is 8.74. The summed E-state index contributed by atoms with van der Waals surface area (Å²) in [4.78, 5) is 21.3. The number of thiophene rings is 1. The molecule has 3 heterocycles. The highest BCUT2D eigenvalue weighted by atomic mass is 32.1. The SMILES string of the molecule is Nc1nc2c(CCc3ccsc3)c[nH]c2c(=O)[nH]1. The summed E-state index contributed by atoms with van der Waals surface area (Å²) in [5.74, 6) is 0.156. The molecule has 0 bridgehead atoms. The van der Waals surface area contributed by atoms with Crippen molar-refractivity contribution in [2.45, 2.75) is 12.8 Å². The van der Waals surface area contributed by atoms with E-state index in [2.05, 4.69) is 31.8 Å². The molecular weight excluding hydrogens is 248 g/mol. The Kier molecular flexibility index (Phi) is 2.64. The van der Waals surface area contributed by atoms with Gasteiger partial charge in [-0.05, 0) is 40.8 Å². The smallest absolute Gasteiger partial charge is 0.276 e. The van der Waals surface area contributed by atoms with Gasteiger partial charge >= 0.3 is 0 Å². The number of nitrogens with two attached hydrogens (primary N) is 1. The number of aryl methyl sites for hydroxylation is 2. The molecule has 0 saturated carbocycles. The lowest BCUT2D eigenvalue weighted by Gasteiger charge is -1.98. The number of anilines is 1. The molecule has 0 unspecified atom stereocenters. The number of nitrogen functional groups attached to an aromatic ring is 1. The van der Waals surface area contributed by atoms with E-state index in [1.54, 1.807) is 11.3 Å². The molecule has 3 aromatic rings. The molecule has 5 nitrogen and oxygen atoms in total. The Balaban J connectivity index is 1.95. The number of fused-ring (bicyclic) bond motifs is 1. The Bertz CT molecular complexity index is 726. The lowest BCUT2D eigenvalue weighted by molar-refractivity contribution is 0.970. The number of H-pyrrole nitrogens is 2. The van der Waals surface area contributed by atoms with E-state index in [0.717, 1.165) is 18.4 Å². The molecule has 0 fully saturated rings. The molecule has 0 amide bonds. The number of hydrogen-bond acceptors (Lipinski definition) is 4. The lowest BCUT2D eigenvalue weighted by atomic mass is 10.1. The van der Waals surface area contributed by atoms with Gasteiger partial charge in [-0.25, -0.2) is 4.98 Å². The molecule has 6 heteroatoms. The molecule has 3 rings (SSSR count). The van der Waals surface area contributed by atoms with Gasteiger partial charge in [-0.2, -0.15) is 11.3 Å². The van der Waals surface area contributed by atoms with Gasteiger partial charge in [-0.1, -0.05) is 0 Å². The van der Waals surface area contributed by atoms with Crippen molar-refractivity contribution in [1.29, 1.82) is 0 Å². The average Bonchev–Trinajstić information content (AvgIpc) is 2.94. The number of nitrogens with zero attached hydrogens (tertiary/aromatic N) is 1. The van der Waals surface area contributed by atoms with Crippen molar-refractivity contribution in [3.63, 3.8) is 0 Å². The van der Waals surface area contributed by atoms with Crippen LogP contribution in [0.2, 0.25) is 0 Å². The fourth-order valence-corrected chi connectivity index (χ4v) is 2.69. The predicted molar refractivity (Wildman–Crippen MR) is 72.9 cm³/mol. The summed E-state index contributed by atoms with van der Waals surface area (Å²) >= 11 is 1.69. The molecule has 0 aliphatic rings. The molecule has 0 atom stereocenters. The van der Waals surface area contributed by atoms with E-state index in [9.17, 15) is 4.79 Å². The summed E-state index contributed by atoms with van der Waals surface area (Å²) in [6, 6.07) is 2.11. The van der Waals surface area contributed by atoms with Crippen LogP contribution in [-0.2, 0) is 12.8 Å². The summed E-state index contributed by atoms with van der Waals surface area (Å²) < 4.78 is 0. The highest BCUT2D eigenvalue weighted by Crippen LogP contribution is 2.16. The van der Waals surface area contributed by atoms with E-state index in [1.807, 2.05) is 6.20 Å². The van der Waals surface area contributed by atoms with Crippen molar-refractivity contribution in [2.24, 2.45) is 0 Å². The fourth-order valence-electron chi connectivity index (χ4n) is 1.99. The summed E-state index contributed by atoms with van der Waals surface area (Å²) in [5, 5.41) is 4.19. The second-order valence-electron chi connectivity index (χ2n) is 4.12. The van der Waals surface area contributed by atoms with Crippen molar-refractivity contribution >= 4 is 28.3 Å². The van der Waals surface area contributed by atoms with Crippen molar-refractivity contribution in [3.05, 3.63) is 44.5 Å². The van der Waals surface area contributed by atoms with Crippen LogP contribution in [0.25, 0.3) is 11.0 Å². The van der Waals surface area contributed by atoms with Crippen LogP contribution >= 0.6 is 11.3 Å². The van der Waals surface area contributed by atoms with Crippen LogP contribution in [0.5, 0.6) is 0 Å². The topological polar surface area (TPSA) is 87.6 Å². The van der Waals surface area contributed by atoms with Crippen LogP contribution in [0.4, 0.5) is 5.95 Å². The molecule has 4 N–H and O–H groups in total. The second kappa shape index (κ2) is 4.30. The fraction of sp³-hybridized carbons (Fsp3) is 0.167. The van der Waals surface area contributed by atoms with E-state index in [4.69, 9.17) is 5.73 Å². The monoisotopic (exact) mass is 260 g/mol. The third kappa shape index (κ3) is 1.91. The minimum absolute atomic E-state index is 0.156. The Morgan fingerprint density at radius 3 is 3.06 bits per heavy atom. The molecule has 0 aliphatic heterocycles. The third-order valence-electron chi connectivity index (χ3n) is 2.90. The Hall–Kier alpha value is -2.08. The van der Waals surface area contributed by atoms with Gasteiger partial charge in [0.05, 0.1) is 0 Å². The highest BCUT2D eigenvalue weighted by Gasteiger charge is 2.09. The molecule has 0 aromatic carbocycles. The van der Waals surface area contributed by atoms with Crippen LogP contribution in [0, 0.1) is 0 Å². The van der Waals surface area contributed by atoms with Crippen molar-refractivity contribution in [1.82, 2.24) is 15.0 Å². The predicted octanol–water partition coefficient (Wildman–Crippen LogP) is 1.68. The van der Waals surface area contributed by atoms with E-state index < -0.39 is 0 Å². The van der Waals surface area contributed by atoms with Crippen LogP contribution in [0.3, 0.4) is 0 Å². The van der Waals surface area contributed by atoms with Crippen molar-refractivity contribution < 1.29 is 0 Å². The molecule has 92 valence electrons. The maximum Gasteiger partial charge on any atom is 0.276 e. The van der Waals surface area contributed by atoms with E-state index in [-0.39, 0.29) is 11.5 Å². The summed E-state index contributed by atoms with van der Waals surface area (Å²) in [6.45, 7) is 0. The maximum atomic E-state index is 11.6. The van der Waals surface area contributed by atoms with Crippen LogP contribution in [-0.4, -0.2) is 15.0 Å². The van der Waals surface area contributed by atoms with Gasteiger partial charge in [0.2, 0.25) is 5.95 Å². The molecule has 18 heavy (non-hydrogen) atoms. The van der Waals surface area contributed by atoms with Gasteiger partial charge in [-0.15, -0.1) is 0 Å². The van der Waals surface area contributed by atoms with E-state index in [1.165, 1.54) is 5.56 Å². The molecule has 3 aromatic heterocycles. The van der Waals surface area contributed by atoms with Gasteiger partial charge in [-0.3, -0.25) is 9.78 Å². The zero-order chi connectivity index (χ0) is 12.5. The van der Waals surface area contributed by atoms with Crippen molar-refractivity contribution in [2.75, 3.05) is 5.73 Å². The van der Waals surface area contributed by atoms with Gasteiger partial charge in [0.15, 0.2) is 0 Å². The van der Waals surface area contributed by atoms with Crippen LogP contribution in [0.15, 0.2) is 27.8 Å². The minimum atomic E-state index is -0.223. The zero-order valence-corrected chi connectivity index (χ0v) is 10.4. The molecule has 0 spiro atoms. The Morgan fingerprint density at radius 2 is 2.28 bits per heavy atom. The maximum absolute atomic E-state index is 11.6. The molecular formula is C12H12N4OS. The van der Waals surface area contributed by atoms with E-state index in [0.29, 0.717) is 11.0 Å². The first-order valence-corrected chi connectivity index (χ1v) is 6.55.